The molecule has 33 heavy (non-hydrogen) atoms. The summed E-state index contributed by atoms with van der Waals surface area (Å²) in [6.07, 6.45) is 0. The van der Waals surface area contributed by atoms with Crippen molar-refractivity contribution in [1.82, 2.24) is 4.98 Å². The lowest BCUT2D eigenvalue weighted by atomic mass is 10.1. The van der Waals surface area contributed by atoms with Gasteiger partial charge in [-0.25, -0.2) is 18.5 Å². The molecule has 14 heteroatoms. The van der Waals surface area contributed by atoms with Crippen LogP contribution in [0, 0.1) is 10.1 Å². The molecule has 0 fully saturated rings. The summed E-state index contributed by atoms with van der Waals surface area (Å²) in [6, 6.07) is 10.5. The fourth-order valence-electron chi connectivity index (χ4n) is 2.93. The van der Waals surface area contributed by atoms with E-state index in [2.05, 4.69) is 20.3 Å². The number of carbonyl (C=O) groups excluding carboxylic acids is 1. The number of amides is 1. The monoisotopic (exact) mass is 485 g/mol. The molecule has 1 amide bonds. The molecule has 0 saturated heterocycles. The zero-order chi connectivity index (χ0) is 23.8. The molecule has 0 saturated carbocycles. The van der Waals surface area contributed by atoms with E-state index in [0.29, 0.717) is 22.7 Å². The number of hydrogen-bond acceptors (Lipinski definition) is 10. The number of carbonyl (C=O) groups is 1. The van der Waals surface area contributed by atoms with Crippen LogP contribution in [0.3, 0.4) is 0 Å². The lowest BCUT2D eigenvalue weighted by Crippen LogP contribution is -2.29. The van der Waals surface area contributed by atoms with Crippen LogP contribution in [0.15, 0.2) is 74.1 Å². The van der Waals surface area contributed by atoms with Gasteiger partial charge in [-0.2, -0.15) is 20.3 Å². The van der Waals surface area contributed by atoms with Crippen molar-refractivity contribution >= 4 is 49.5 Å². The van der Waals surface area contributed by atoms with Crippen molar-refractivity contribution in [3.05, 3.63) is 64.0 Å². The zero-order valence-electron chi connectivity index (χ0n) is 16.9. The molecule has 12 nitrogen and oxygen atoms in total. The lowest BCUT2D eigenvalue weighted by Gasteiger charge is -2.08. The summed E-state index contributed by atoms with van der Waals surface area (Å²) in [5.41, 5.74) is 1.68. The van der Waals surface area contributed by atoms with E-state index >= 15 is 0 Å². The molecule has 1 aromatic heterocycles. The molecule has 168 valence electrons. The van der Waals surface area contributed by atoms with Gasteiger partial charge in [-0.1, -0.05) is 12.1 Å². The number of hydrazone groups is 1. The summed E-state index contributed by atoms with van der Waals surface area (Å²) >= 11 is 1.16. The minimum absolute atomic E-state index is 0.0641. The van der Waals surface area contributed by atoms with Gasteiger partial charge in [0.1, 0.15) is 0 Å². The van der Waals surface area contributed by atoms with Crippen LogP contribution in [0.25, 0.3) is 11.3 Å². The number of anilines is 1. The van der Waals surface area contributed by atoms with Gasteiger partial charge in [0.05, 0.1) is 26.9 Å². The predicted molar refractivity (Wildman–Crippen MR) is 121 cm³/mol. The summed E-state index contributed by atoms with van der Waals surface area (Å²) in [7, 11) is -3.82. The second-order valence-electron chi connectivity index (χ2n) is 6.87. The normalized spacial score (nSPS) is 16.4. The third-order valence-electron chi connectivity index (χ3n) is 4.58. The molecule has 0 spiro atoms. The van der Waals surface area contributed by atoms with E-state index in [0.717, 1.165) is 16.3 Å². The van der Waals surface area contributed by atoms with Crippen molar-refractivity contribution in [2.75, 3.05) is 5.01 Å². The number of nitro benzene ring substituents is 1. The summed E-state index contributed by atoms with van der Waals surface area (Å²) in [4.78, 5) is 27.7. The van der Waals surface area contributed by atoms with Crippen molar-refractivity contribution in [3.8, 4) is 11.3 Å². The second-order valence-corrected chi connectivity index (χ2v) is 9.27. The standard InChI is InChI=1S/C19H15N7O5S2/c1-11-17(23-22-13-5-7-15(8-6-13)33(20,30)31)18(27)25(24-11)19-21-16(10-32-19)12-3-2-4-14(9-12)26(28)29/h2-10,17H,1H3,(H2,20,30,31)/t17-/m0/s1. The van der Waals surface area contributed by atoms with E-state index in [1.165, 1.54) is 36.4 Å². The van der Waals surface area contributed by atoms with Gasteiger partial charge in [0, 0.05) is 23.1 Å². The number of non-ortho nitro benzene ring substituents is 1. The Bertz CT molecular complexity index is 1410. The van der Waals surface area contributed by atoms with E-state index in [4.69, 9.17) is 5.14 Å². The van der Waals surface area contributed by atoms with Gasteiger partial charge in [0.2, 0.25) is 15.2 Å². The Balaban J connectivity index is 1.52. The highest BCUT2D eigenvalue weighted by Gasteiger charge is 2.36. The number of nitrogens with two attached hydrogens (primary N) is 1. The predicted octanol–water partition coefficient (Wildman–Crippen LogP) is 3.24. The Morgan fingerprint density at radius 1 is 1.21 bits per heavy atom. The molecule has 2 heterocycles. The van der Waals surface area contributed by atoms with Crippen LogP contribution in [0.1, 0.15) is 6.92 Å². The van der Waals surface area contributed by atoms with E-state index in [9.17, 15) is 23.3 Å². The van der Waals surface area contributed by atoms with Gasteiger partial charge in [0.25, 0.3) is 11.6 Å². The molecule has 4 rings (SSSR count). The van der Waals surface area contributed by atoms with E-state index < -0.39 is 26.9 Å². The molecule has 0 unspecified atom stereocenters. The molecule has 3 aromatic rings. The average molecular weight is 486 g/mol. The number of azo groups is 1. The second kappa shape index (κ2) is 8.57. The van der Waals surface area contributed by atoms with Gasteiger partial charge in [-0.15, -0.1) is 11.3 Å². The number of thiazole rings is 1. The maximum absolute atomic E-state index is 12.9. The molecular weight excluding hydrogens is 470 g/mol. The zero-order valence-corrected chi connectivity index (χ0v) is 18.5. The molecule has 0 bridgehead atoms. The largest absolute Gasteiger partial charge is 0.282 e. The number of hydrogen-bond donors (Lipinski definition) is 1. The highest BCUT2D eigenvalue weighted by molar-refractivity contribution is 7.89. The highest BCUT2D eigenvalue weighted by atomic mass is 32.2. The number of benzene rings is 2. The lowest BCUT2D eigenvalue weighted by molar-refractivity contribution is -0.384. The number of sulfonamides is 1. The molecule has 0 aliphatic carbocycles. The van der Waals surface area contributed by atoms with Crippen molar-refractivity contribution < 1.29 is 18.1 Å². The summed E-state index contributed by atoms with van der Waals surface area (Å²) < 4.78 is 22.7. The first-order chi connectivity index (χ1) is 15.6. The Labute approximate surface area is 191 Å². The van der Waals surface area contributed by atoms with Gasteiger partial charge in [-0.3, -0.25) is 14.9 Å². The fourth-order valence-corrected chi connectivity index (χ4v) is 4.23. The molecule has 1 aliphatic rings. The van der Waals surface area contributed by atoms with E-state index in [1.54, 1.807) is 24.4 Å². The van der Waals surface area contributed by atoms with Crippen LogP contribution in [-0.2, 0) is 14.8 Å². The average Bonchev–Trinajstić information content (AvgIpc) is 3.37. The van der Waals surface area contributed by atoms with Crippen molar-refractivity contribution in [1.29, 1.82) is 0 Å². The molecule has 2 aromatic carbocycles. The first-order valence-electron chi connectivity index (χ1n) is 9.26. The molecule has 1 atom stereocenters. The van der Waals surface area contributed by atoms with Gasteiger partial charge >= 0.3 is 0 Å². The Morgan fingerprint density at radius 2 is 1.94 bits per heavy atom. The number of rotatable bonds is 6. The Kier molecular flexibility index (Phi) is 5.80. The smallest absolute Gasteiger partial charge is 0.269 e. The summed E-state index contributed by atoms with van der Waals surface area (Å²) in [6.45, 7) is 1.63. The summed E-state index contributed by atoms with van der Waals surface area (Å²) in [5, 5.41) is 31.4. The molecule has 0 radical (unpaired) electrons. The molecule has 2 N–H and O–H groups in total. The van der Waals surface area contributed by atoms with Crippen LogP contribution in [0.2, 0.25) is 0 Å². The first-order valence-corrected chi connectivity index (χ1v) is 11.7. The van der Waals surface area contributed by atoms with E-state index in [-0.39, 0.29) is 15.7 Å². The number of nitrogens with zero attached hydrogens (tertiary/aromatic N) is 6. The SMILES string of the molecule is CC1=NN(c2nc(-c3cccc([N+](=O)[O-])c3)cs2)C(=O)[C@H]1N=Nc1ccc(S(N)(=O)=O)cc1. The van der Waals surface area contributed by atoms with Gasteiger partial charge in [-0.05, 0) is 31.2 Å². The topological polar surface area (TPSA) is 174 Å². The first kappa shape index (κ1) is 22.3. The fraction of sp³-hybridized carbons (Fsp3) is 0.105. The Morgan fingerprint density at radius 3 is 2.61 bits per heavy atom. The van der Waals surface area contributed by atoms with Crippen LogP contribution in [0.5, 0.6) is 0 Å². The number of nitro groups is 1. The van der Waals surface area contributed by atoms with E-state index in [1.807, 2.05) is 0 Å². The molecular formula is C19H15N7O5S2. The number of primary sulfonamides is 1. The highest BCUT2D eigenvalue weighted by Crippen LogP contribution is 2.32. The quantitative estimate of drug-likeness (QED) is 0.318. The van der Waals surface area contributed by atoms with Crippen molar-refractivity contribution in [3.63, 3.8) is 0 Å². The summed E-state index contributed by atoms with van der Waals surface area (Å²) in [5.74, 6) is -0.461. The minimum atomic E-state index is -3.82. The third kappa shape index (κ3) is 4.67. The third-order valence-corrected chi connectivity index (χ3v) is 6.32. The van der Waals surface area contributed by atoms with Crippen molar-refractivity contribution in [2.45, 2.75) is 17.9 Å². The Hall–Kier alpha value is -3.88. The van der Waals surface area contributed by atoms with Crippen LogP contribution < -0.4 is 10.1 Å². The maximum Gasteiger partial charge on any atom is 0.282 e. The van der Waals surface area contributed by atoms with Crippen LogP contribution in [0.4, 0.5) is 16.5 Å². The minimum Gasteiger partial charge on any atom is -0.269 e. The van der Waals surface area contributed by atoms with Crippen LogP contribution >= 0.6 is 11.3 Å². The maximum atomic E-state index is 12.9. The van der Waals surface area contributed by atoms with Gasteiger partial charge in [0.15, 0.2) is 6.04 Å². The number of aromatic nitrogens is 1. The van der Waals surface area contributed by atoms with Crippen LogP contribution in [-0.4, -0.2) is 36.0 Å². The van der Waals surface area contributed by atoms with Gasteiger partial charge < -0.3 is 0 Å². The van der Waals surface area contributed by atoms with Crippen molar-refractivity contribution in [2.24, 2.45) is 20.5 Å². The molecule has 1 aliphatic heterocycles.